The fraction of sp³-hybridized carbons (Fsp3) is 0.619. The number of carbonyl (C=O) groups is 2. The molecule has 5 nitrogen and oxygen atoms in total. The number of aliphatic carboxylic acids is 1. The molecule has 0 saturated heterocycles. The number of hydrogen-bond acceptors (Lipinski definition) is 3. The number of rotatable bonds is 16. The predicted octanol–water partition coefficient (Wildman–Crippen LogP) is 4.14. The van der Waals surface area contributed by atoms with Crippen LogP contribution in [-0.2, 0) is 9.59 Å². The second-order valence-electron chi connectivity index (χ2n) is 6.24. The van der Waals surface area contributed by atoms with Crippen LogP contribution < -0.4 is 5.32 Å². The fourth-order valence-corrected chi connectivity index (χ4v) is 2.36. The highest BCUT2D eigenvalue weighted by Crippen LogP contribution is 2.08. The standard InChI is InChI=1S/C21H35NO4/c1-2-3-4-5-6-7-8-9-10-11-12-13-14-15-16-17-20(24)22-19(18-23)21(25)26/h3-4,6-7,9-10,19,23H,2,5,8,11-18H2,1H3,(H,22,24)(H,25,26)/b4-3+,7-6+,10-9+/t19-/m1/s1. The number of carboxylic acid groups (broad SMARTS) is 1. The van der Waals surface area contributed by atoms with Crippen LogP contribution in [0.25, 0.3) is 0 Å². The molecule has 5 heteroatoms. The van der Waals surface area contributed by atoms with Gasteiger partial charge in [-0.2, -0.15) is 0 Å². The maximum atomic E-state index is 11.5. The summed E-state index contributed by atoms with van der Waals surface area (Å²) in [5.41, 5.74) is 0. The summed E-state index contributed by atoms with van der Waals surface area (Å²) in [5, 5.41) is 19.9. The van der Waals surface area contributed by atoms with Crippen LogP contribution in [0.3, 0.4) is 0 Å². The molecule has 0 aliphatic heterocycles. The van der Waals surface area contributed by atoms with E-state index in [1.807, 2.05) is 0 Å². The first kappa shape index (κ1) is 24.1. The van der Waals surface area contributed by atoms with Gasteiger partial charge in [0, 0.05) is 6.42 Å². The zero-order valence-electron chi connectivity index (χ0n) is 16.0. The summed E-state index contributed by atoms with van der Waals surface area (Å²) in [6, 6.07) is -1.20. The Labute approximate surface area is 157 Å². The minimum Gasteiger partial charge on any atom is -0.480 e. The number of unbranched alkanes of at least 4 members (excludes halogenated alkanes) is 5. The van der Waals surface area contributed by atoms with E-state index in [1.165, 1.54) is 0 Å². The Kier molecular flexibility index (Phi) is 16.6. The minimum atomic E-state index is -1.21. The van der Waals surface area contributed by atoms with E-state index in [0.29, 0.717) is 6.42 Å². The van der Waals surface area contributed by atoms with Gasteiger partial charge in [-0.25, -0.2) is 4.79 Å². The molecule has 26 heavy (non-hydrogen) atoms. The smallest absolute Gasteiger partial charge is 0.328 e. The van der Waals surface area contributed by atoms with Crippen molar-refractivity contribution in [2.45, 2.75) is 77.2 Å². The van der Waals surface area contributed by atoms with Gasteiger partial charge < -0.3 is 15.5 Å². The van der Waals surface area contributed by atoms with Crippen molar-refractivity contribution in [2.24, 2.45) is 0 Å². The van der Waals surface area contributed by atoms with E-state index >= 15 is 0 Å². The molecule has 0 fully saturated rings. The molecule has 0 aliphatic rings. The summed E-state index contributed by atoms with van der Waals surface area (Å²) in [7, 11) is 0. The van der Waals surface area contributed by atoms with E-state index < -0.39 is 18.6 Å². The third kappa shape index (κ3) is 15.6. The van der Waals surface area contributed by atoms with Gasteiger partial charge in [-0.3, -0.25) is 4.79 Å². The number of carbonyl (C=O) groups excluding carboxylic acids is 1. The molecule has 0 aliphatic carbocycles. The first-order valence-corrected chi connectivity index (χ1v) is 9.69. The van der Waals surface area contributed by atoms with Gasteiger partial charge >= 0.3 is 5.97 Å². The maximum Gasteiger partial charge on any atom is 0.328 e. The number of carboxylic acids is 1. The van der Waals surface area contributed by atoms with Crippen molar-refractivity contribution in [3.05, 3.63) is 36.5 Å². The first-order chi connectivity index (χ1) is 12.6. The summed E-state index contributed by atoms with van der Waals surface area (Å²) >= 11 is 0. The minimum absolute atomic E-state index is 0.309. The van der Waals surface area contributed by atoms with Gasteiger partial charge in [-0.15, -0.1) is 0 Å². The highest BCUT2D eigenvalue weighted by atomic mass is 16.4. The predicted molar refractivity (Wildman–Crippen MR) is 106 cm³/mol. The molecule has 0 aromatic heterocycles. The van der Waals surface area contributed by atoms with Gasteiger partial charge in [-0.05, 0) is 38.5 Å². The zero-order chi connectivity index (χ0) is 19.5. The van der Waals surface area contributed by atoms with Crippen LogP contribution in [0.4, 0.5) is 0 Å². The molecular formula is C21H35NO4. The SMILES string of the molecule is CC/C=C/C/C=C/C/C=C/CCCCCCCC(=O)N[C@H](CO)C(=O)O. The lowest BCUT2D eigenvalue weighted by Crippen LogP contribution is -2.43. The van der Waals surface area contributed by atoms with Crippen molar-refractivity contribution in [1.82, 2.24) is 5.32 Å². The Morgan fingerprint density at radius 3 is 2.08 bits per heavy atom. The number of hydrogen-bond donors (Lipinski definition) is 3. The Morgan fingerprint density at radius 2 is 1.46 bits per heavy atom. The van der Waals surface area contributed by atoms with Crippen molar-refractivity contribution in [3.8, 4) is 0 Å². The molecule has 1 atom stereocenters. The van der Waals surface area contributed by atoms with E-state index in [1.54, 1.807) is 0 Å². The Bertz CT molecular complexity index is 455. The molecule has 0 aromatic carbocycles. The van der Waals surface area contributed by atoms with Crippen LogP contribution in [0.1, 0.15) is 71.1 Å². The lowest BCUT2D eigenvalue weighted by Gasteiger charge is -2.11. The Morgan fingerprint density at radius 1 is 0.885 bits per heavy atom. The molecule has 1 amide bonds. The topological polar surface area (TPSA) is 86.6 Å². The molecule has 0 heterocycles. The van der Waals surface area contributed by atoms with Crippen LogP contribution in [0, 0.1) is 0 Å². The molecule has 0 radical (unpaired) electrons. The summed E-state index contributed by atoms with van der Waals surface area (Å²) < 4.78 is 0. The second kappa shape index (κ2) is 17.9. The van der Waals surface area contributed by atoms with E-state index in [-0.39, 0.29) is 5.91 Å². The van der Waals surface area contributed by atoms with Gasteiger partial charge in [0.05, 0.1) is 6.61 Å². The zero-order valence-corrected chi connectivity index (χ0v) is 16.0. The molecule has 0 rings (SSSR count). The number of aliphatic hydroxyl groups is 1. The molecule has 3 N–H and O–H groups in total. The summed E-state index contributed by atoms with van der Waals surface area (Å²) in [5.74, 6) is -1.52. The molecule has 0 spiro atoms. The van der Waals surface area contributed by atoms with Crippen LogP contribution in [0.2, 0.25) is 0 Å². The molecule has 0 bridgehead atoms. The normalized spacial score (nSPS) is 13.0. The third-order valence-corrected chi connectivity index (χ3v) is 3.87. The van der Waals surface area contributed by atoms with Gasteiger partial charge in [0.1, 0.15) is 6.04 Å². The van der Waals surface area contributed by atoms with Crippen molar-refractivity contribution in [2.75, 3.05) is 6.61 Å². The average molecular weight is 366 g/mol. The number of amides is 1. The van der Waals surface area contributed by atoms with Gasteiger partial charge in [-0.1, -0.05) is 62.6 Å². The van der Waals surface area contributed by atoms with Gasteiger partial charge in [0.15, 0.2) is 0 Å². The molecule has 148 valence electrons. The monoisotopic (exact) mass is 365 g/mol. The van der Waals surface area contributed by atoms with Crippen LogP contribution in [0.5, 0.6) is 0 Å². The first-order valence-electron chi connectivity index (χ1n) is 9.69. The molecular weight excluding hydrogens is 330 g/mol. The average Bonchev–Trinajstić information content (AvgIpc) is 2.62. The van der Waals surface area contributed by atoms with Crippen molar-refractivity contribution < 1.29 is 19.8 Å². The van der Waals surface area contributed by atoms with Crippen molar-refractivity contribution in [3.63, 3.8) is 0 Å². The van der Waals surface area contributed by atoms with E-state index in [9.17, 15) is 9.59 Å². The third-order valence-electron chi connectivity index (χ3n) is 3.87. The molecule has 0 aromatic rings. The molecule has 0 unspecified atom stereocenters. The lowest BCUT2D eigenvalue weighted by molar-refractivity contribution is -0.142. The highest BCUT2D eigenvalue weighted by molar-refractivity contribution is 5.83. The van der Waals surface area contributed by atoms with E-state index in [0.717, 1.165) is 57.8 Å². The number of allylic oxidation sites excluding steroid dienone is 6. The maximum absolute atomic E-state index is 11.5. The van der Waals surface area contributed by atoms with Crippen LogP contribution in [0.15, 0.2) is 36.5 Å². The summed E-state index contributed by atoms with van der Waals surface area (Å²) in [6.45, 7) is 1.55. The number of aliphatic hydroxyl groups excluding tert-OH is 1. The van der Waals surface area contributed by atoms with Gasteiger partial charge in [0.25, 0.3) is 0 Å². The van der Waals surface area contributed by atoms with E-state index in [2.05, 4.69) is 48.7 Å². The second-order valence-corrected chi connectivity index (χ2v) is 6.24. The summed E-state index contributed by atoms with van der Waals surface area (Å²) in [6.07, 6.45) is 22.7. The summed E-state index contributed by atoms with van der Waals surface area (Å²) in [4.78, 5) is 22.2. The number of nitrogens with one attached hydrogen (secondary N) is 1. The Hall–Kier alpha value is -1.88. The van der Waals surface area contributed by atoms with Gasteiger partial charge in [0.2, 0.25) is 5.91 Å². The Balaban J connectivity index is 3.48. The van der Waals surface area contributed by atoms with Crippen LogP contribution in [-0.4, -0.2) is 34.7 Å². The fourth-order valence-electron chi connectivity index (χ4n) is 2.36. The lowest BCUT2D eigenvalue weighted by atomic mass is 10.1. The van der Waals surface area contributed by atoms with Crippen LogP contribution >= 0.6 is 0 Å². The van der Waals surface area contributed by atoms with Crippen molar-refractivity contribution in [1.29, 1.82) is 0 Å². The largest absolute Gasteiger partial charge is 0.480 e. The molecule has 0 saturated carbocycles. The van der Waals surface area contributed by atoms with Crippen molar-refractivity contribution >= 4 is 11.9 Å². The highest BCUT2D eigenvalue weighted by Gasteiger charge is 2.17. The quantitative estimate of drug-likeness (QED) is 0.283. The van der Waals surface area contributed by atoms with E-state index in [4.69, 9.17) is 10.2 Å².